The van der Waals surface area contributed by atoms with E-state index >= 15 is 0 Å². The summed E-state index contributed by atoms with van der Waals surface area (Å²) in [6.45, 7) is 2.58. The average Bonchev–Trinajstić information content (AvgIpc) is 2.89. The first kappa shape index (κ1) is 18.5. The second-order valence-electron chi connectivity index (χ2n) is 6.16. The van der Waals surface area contributed by atoms with Crippen molar-refractivity contribution in [3.8, 4) is 5.75 Å². The van der Waals surface area contributed by atoms with Crippen molar-refractivity contribution in [1.29, 1.82) is 0 Å². The second kappa shape index (κ2) is 8.05. The number of ether oxygens (including phenoxy) is 1. The van der Waals surface area contributed by atoms with Crippen LogP contribution >= 0.6 is 23.2 Å². The second-order valence-corrected chi connectivity index (χ2v) is 7.03. The van der Waals surface area contributed by atoms with E-state index < -0.39 is 0 Å². The van der Waals surface area contributed by atoms with E-state index in [0.29, 0.717) is 22.5 Å². The van der Waals surface area contributed by atoms with Crippen LogP contribution in [0, 0.1) is 0 Å². The largest absolute Gasteiger partial charge is 0.494 e. The minimum Gasteiger partial charge on any atom is -0.494 e. The van der Waals surface area contributed by atoms with Crippen LogP contribution in [0.3, 0.4) is 0 Å². The Kier molecular flexibility index (Phi) is 5.33. The van der Waals surface area contributed by atoms with Crippen LogP contribution in [-0.2, 0) is 0 Å². The van der Waals surface area contributed by atoms with Crippen LogP contribution in [0.15, 0.2) is 76.8 Å². The first-order valence-electron chi connectivity index (χ1n) is 8.85. The number of hydrogen-bond acceptors (Lipinski definition) is 4. The van der Waals surface area contributed by atoms with Crippen molar-refractivity contribution in [3.05, 3.63) is 93.5 Å². The van der Waals surface area contributed by atoms with Gasteiger partial charge in [-0.25, -0.2) is 4.99 Å². The molecule has 0 amide bonds. The van der Waals surface area contributed by atoms with Gasteiger partial charge in [0.2, 0.25) is 0 Å². The lowest BCUT2D eigenvalue weighted by molar-refractivity contribution is 0.340. The van der Waals surface area contributed by atoms with E-state index in [1.54, 1.807) is 0 Å². The lowest BCUT2D eigenvalue weighted by Gasteiger charge is -2.09. The molecule has 1 aliphatic heterocycles. The van der Waals surface area contributed by atoms with Crippen molar-refractivity contribution in [2.45, 2.75) is 6.92 Å². The molecule has 0 fully saturated rings. The first-order chi connectivity index (χ1) is 13.6. The van der Waals surface area contributed by atoms with Crippen LogP contribution < -0.4 is 10.2 Å². The molecule has 0 spiro atoms. The number of halogens is 2. The molecule has 1 N–H and O–H groups in total. The summed E-state index contributed by atoms with van der Waals surface area (Å²) in [7, 11) is 0. The SMILES string of the molecule is CCOc1ccc(C2=NNC(c3ccc(Cl)cc3)=Nc3ccc(Cl)cc32)cc1. The number of amidine groups is 1. The van der Waals surface area contributed by atoms with E-state index in [1.165, 1.54) is 0 Å². The molecule has 0 saturated heterocycles. The van der Waals surface area contributed by atoms with Gasteiger partial charge in [-0.05, 0) is 73.7 Å². The Balaban J connectivity index is 1.79. The van der Waals surface area contributed by atoms with Gasteiger partial charge in [0.05, 0.1) is 12.3 Å². The number of nitrogens with zero attached hydrogens (tertiary/aromatic N) is 2. The highest BCUT2D eigenvalue weighted by atomic mass is 35.5. The van der Waals surface area contributed by atoms with Crippen molar-refractivity contribution in [1.82, 2.24) is 5.43 Å². The maximum atomic E-state index is 6.26. The monoisotopic (exact) mass is 409 g/mol. The summed E-state index contributed by atoms with van der Waals surface area (Å²) >= 11 is 12.3. The van der Waals surface area contributed by atoms with Crippen LogP contribution in [-0.4, -0.2) is 18.2 Å². The van der Waals surface area contributed by atoms with Gasteiger partial charge in [0, 0.05) is 26.7 Å². The molecular formula is C22H17Cl2N3O. The molecule has 28 heavy (non-hydrogen) atoms. The highest BCUT2D eigenvalue weighted by molar-refractivity contribution is 6.32. The molecule has 0 radical (unpaired) electrons. The fraction of sp³-hybridized carbons (Fsp3) is 0.0909. The number of hydrazone groups is 1. The number of rotatable bonds is 4. The Bertz CT molecular complexity index is 1060. The van der Waals surface area contributed by atoms with Crippen molar-refractivity contribution in [2.75, 3.05) is 6.61 Å². The normalized spacial score (nSPS) is 13.0. The van der Waals surface area contributed by atoms with Crippen molar-refractivity contribution < 1.29 is 4.74 Å². The molecule has 3 aromatic rings. The number of hydrogen-bond donors (Lipinski definition) is 1. The predicted molar refractivity (Wildman–Crippen MR) is 115 cm³/mol. The van der Waals surface area contributed by atoms with Gasteiger partial charge in [-0.15, -0.1) is 0 Å². The van der Waals surface area contributed by atoms with E-state index in [1.807, 2.05) is 73.7 Å². The van der Waals surface area contributed by atoms with E-state index in [9.17, 15) is 0 Å². The number of aliphatic imine (C=N–C) groups is 1. The van der Waals surface area contributed by atoms with Crippen molar-refractivity contribution in [2.24, 2.45) is 10.1 Å². The smallest absolute Gasteiger partial charge is 0.154 e. The summed E-state index contributed by atoms with van der Waals surface area (Å²) in [5.41, 5.74) is 7.32. The molecular weight excluding hydrogens is 393 g/mol. The molecule has 4 nitrogen and oxygen atoms in total. The average molecular weight is 410 g/mol. The molecule has 0 aromatic heterocycles. The van der Waals surface area contributed by atoms with Gasteiger partial charge in [0.15, 0.2) is 5.84 Å². The molecule has 0 unspecified atom stereocenters. The molecule has 4 rings (SSSR count). The summed E-state index contributed by atoms with van der Waals surface area (Å²) in [4.78, 5) is 4.77. The molecule has 3 aromatic carbocycles. The summed E-state index contributed by atoms with van der Waals surface area (Å²) in [6.07, 6.45) is 0. The maximum Gasteiger partial charge on any atom is 0.154 e. The van der Waals surface area contributed by atoms with Gasteiger partial charge in [-0.3, -0.25) is 5.43 Å². The zero-order valence-electron chi connectivity index (χ0n) is 15.1. The van der Waals surface area contributed by atoms with Crippen LogP contribution in [0.25, 0.3) is 0 Å². The Morgan fingerprint density at radius 2 is 1.54 bits per heavy atom. The molecule has 0 saturated carbocycles. The third kappa shape index (κ3) is 3.88. The maximum absolute atomic E-state index is 6.26. The number of nitrogens with one attached hydrogen (secondary N) is 1. The van der Waals surface area contributed by atoms with Gasteiger partial charge >= 0.3 is 0 Å². The van der Waals surface area contributed by atoms with Gasteiger partial charge in [0.1, 0.15) is 11.5 Å². The zero-order valence-corrected chi connectivity index (χ0v) is 16.6. The van der Waals surface area contributed by atoms with Crippen molar-refractivity contribution >= 4 is 40.4 Å². The fourth-order valence-corrected chi connectivity index (χ4v) is 3.24. The van der Waals surface area contributed by atoms with E-state index in [-0.39, 0.29) is 0 Å². The number of fused-ring (bicyclic) bond motifs is 1. The molecule has 140 valence electrons. The van der Waals surface area contributed by atoms with E-state index in [4.69, 9.17) is 32.9 Å². The third-order valence-corrected chi connectivity index (χ3v) is 4.76. The summed E-state index contributed by atoms with van der Waals surface area (Å²) in [5, 5.41) is 5.93. The quantitative estimate of drug-likeness (QED) is 0.589. The minimum absolute atomic E-state index is 0.624. The van der Waals surface area contributed by atoms with E-state index in [0.717, 1.165) is 33.8 Å². The van der Waals surface area contributed by atoms with Gasteiger partial charge in [-0.1, -0.05) is 23.2 Å². The third-order valence-electron chi connectivity index (χ3n) is 4.28. The molecule has 0 aliphatic carbocycles. The van der Waals surface area contributed by atoms with Crippen LogP contribution in [0.4, 0.5) is 5.69 Å². The highest BCUT2D eigenvalue weighted by Crippen LogP contribution is 2.29. The lowest BCUT2D eigenvalue weighted by atomic mass is 10.0. The molecule has 0 atom stereocenters. The fourth-order valence-electron chi connectivity index (χ4n) is 2.94. The number of benzene rings is 3. The molecule has 1 aliphatic rings. The van der Waals surface area contributed by atoms with E-state index in [2.05, 4.69) is 10.5 Å². The Morgan fingerprint density at radius 3 is 2.25 bits per heavy atom. The first-order valence-corrected chi connectivity index (χ1v) is 9.61. The Morgan fingerprint density at radius 1 is 0.857 bits per heavy atom. The predicted octanol–water partition coefficient (Wildman–Crippen LogP) is 5.83. The Labute approximate surface area is 173 Å². The van der Waals surface area contributed by atoms with Gasteiger partial charge in [0.25, 0.3) is 0 Å². The summed E-state index contributed by atoms with van der Waals surface area (Å²) in [6, 6.07) is 20.9. The van der Waals surface area contributed by atoms with Crippen LogP contribution in [0.1, 0.15) is 23.6 Å². The minimum atomic E-state index is 0.624. The standard InChI is InChI=1S/C22H17Cl2N3O/c1-2-28-18-10-5-14(6-11-18)21-19-13-17(24)9-12-20(19)25-22(27-26-21)15-3-7-16(23)8-4-15/h3-13H,2H2,1H3,(H,25,27). The topological polar surface area (TPSA) is 46.0 Å². The Hall–Kier alpha value is -2.82. The molecule has 6 heteroatoms. The molecule has 0 bridgehead atoms. The summed E-state index contributed by atoms with van der Waals surface area (Å²) in [5.74, 6) is 1.46. The zero-order chi connectivity index (χ0) is 19.5. The highest BCUT2D eigenvalue weighted by Gasteiger charge is 2.18. The van der Waals surface area contributed by atoms with Gasteiger partial charge in [-0.2, -0.15) is 5.10 Å². The van der Waals surface area contributed by atoms with Gasteiger partial charge < -0.3 is 4.74 Å². The summed E-state index contributed by atoms with van der Waals surface area (Å²) < 4.78 is 5.54. The van der Waals surface area contributed by atoms with Crippen molar-refractivity contribution in [3.63, 3.8) is 0 Å². The lowest BCUT2D eigenvalue weighted by Crippen LogP contribution is -2.19. The van der Waals surface area contributed by atoms with Crippen LogP contribution in [0.2, 0.25) is 10.0 Å². The molecule has 1 heterocycles. The van der Waals surface area contributed by atoms with Crippen LogP contribution in [0.5, 0.6) is 5.75 Å².